The molecule has 0 bridgehead atoms. The molecule has 1 N–H and O–H groups in total. The van der Waals surface area contributed by atoms with E-state index in [1.165, 1.54) is 19.3 Å². The molecule has 1 aromatic rings. The van der Waals surface area contributed by atoms with Crippen molar-refractivity contribution in [3.63, 3.8) is 0 Å². The molecule has 0 aliphatic carbocycles. The molecular formula is C13H18ClNO. The lowest BCUT2D eigenvalue weighted by Gasteiger charge is -2.23. The van der Waals surface area contributed by atoms with E-state index < -0.39 is 0 Å². The highest BCUT2D eigenvalue weighted by atomic mass is 35.5. The van der Waals surface area contributed by atoms with Gasteiger partial charge in [0, 0.05) is 11.1 Å². The number of hydrogen-bond acceptors (Lipinski definition) is 2. The minimum Gasteiger partial charge on any atom is -0.375 e. The maximum absolute atomic E-state index is 5.90. The van der Waals surface area contributed by atoms with Crippen molar-refractivity contribution in [2.45, 2.75) is 31.9 Å². The summed E-state index contributed by atoms with van der Waals surface area (Å²) in [6.45, 7) is 2.58. The number of nitrogens with one attached hydrogen (secondary N) is 1. The summed E-state index contributed by atoms with van der Waals surface area (Å²) in [6, 6.07) is 8.37. The normalized spacial score (nSPS) is 20.9. The highest BCUT2D eigenvalue weighted by Gasteiger charge is 2.11. The van der Waals surface area contributed by atoms with Crippen molar-refractivity contribution in [1.29, 1.82) is 0 Å². The molecule has 3 heteroatoms. The largest absolute Gasteiger partial charge is 0.375 e. The van der Waals surface area contributed by atoms with Crippen LogP contribution in [0.1, 0.15) is 24.8 Å². The van der Waals surface area contributed by atoms with Crippen LogP contribution in [0.4, 0.5) is 0 Å². The Kier molecular flexibility index (Phi) is 4.64. The smallest absolute Gasteiger partial charge is 0.0718 e. The first-order chi connectivity index (χ1) is 7.84. The second-order valence-electron chi connectivity index (χ2n) is 4.29. The summed E-state index contributed by atoms with van der Waals surface area (Å²) in [6.07, 6.45) is 3.85. The van der Waals surface area contributed by atoms with Gasteiger partial charge in [0.25, 0.3) is 0 Å². The average Bonchev–Trinajstić information content (AvgIpc) is 2.30. The summed E-state index contributed by atoms with van der Waals surface area (Å²) in [5.41, 5.74) is 1.14. The van der Waals surface area contributed by atoms with Crippen molar-refractivity contribution in [2.75, 3.05) is 13.2 Å². The Balaban J connectivity index is 1.71. The van der Waals surface area contributed by atoms with Crippen LogP contribution >= 0.6 is 11.6 Å². The number of halogens is 1. The molecular weight excluding hydrogens is 222 g/mol. The lowest BCUT2D eigenvalue weighted by molar-refractivity contribution is 0.0911. The van der Waals surface area contributed by atoms with E-state index in [0.29, 0.717) is 12.6 Å². The third-order valence-electron chi connectivity index (χ3n) is 2.89. The first-order valence-corrected chi connectivity index (χ1v) is 6.28. The summed E-state index contributed by atoms with van der Waals surface area (Å²) in [5, 5.41) is 4.24. The van der Waals surface area contributed by atoms with Gasteiger partial charge in [0.05, 0.1) is 13.2 Å². The number of rotatable bonds is 4. The molecule has 0 amide bonds. The van der Waals surface area contributed by atoms with Crippen LogP contribution in [0.2, 0.25) is 5.02 Å². The highest BCUT2D eigenvalue weighted by molar-refractivity contribution is 6.30. The number of hydrogen-bond donors (Lipinski definition) is 1. The van der Waals surface area contributed by atoms with E-state index in [2.05, 4.69) is 5.32 Å². The molecule has 1 heterocycles. The Morgan fingerprint density at radius 3 is 3.06 bits per heavy atom. The fourth-order valence-corrected chi connectivity index (χ4v) is 2.22. The zero-order valence-electron chi connectivity index (χ0n) is 9.42. The van der Waals surface area contributed by atoms with Crippen LogP contribution in [-0.2, 0) is 11.3 Å². The Morgan fingerprint density at radius 2 is 2.31 bits per heavy atom. The van der Waals surface area contributed by atoms with Gasteiger partial charge in [-0.05, 0) is 37.1 Å². The lowest BCUT2D eigenvalue weighted by Crippen LogP contribution is -2.37. The van der Waals surface area contributed by atoms with Crippen LogP contribution in [0.25, 0.3) is 0 Å². The van der Waals surface area contributed by atoms with E-state index in [1.54, 1.807) is 0 Å². The third-order valence-corrected chi connectivity index (χ3v) is 3.12. The summed E-state index contributed by atoms with van der Waals surface area (Å²) in [7, 11) is 0. The third kappa shape index (κ3) is 3.78. The monoisotopic (exact) mass is 239 g/mol. The Bertz CT molecular complexity index is 323. The van der Waals surface area contributed by atoms with Gasteiger partial charge in [-0.25, -0.2) is 0 Å². The molecule has 0 radical (unpaired) electrons. The Hall–Kier alpha value is -0.570. The van der Waals surface area contributed by atoms with Crippen molar-refractivity contribution in [3.05, 3.63) is 34.9 Å². The Labute approximate surface area is 102 Å². The van der Waals surface area contributed by atoms with E-state index >= 15 is 0 Å². The standard InChI is InChI=1S/C13H18ClNO/c14-12-5-3-4-11(8-12)9-16-10-13-6-1-2-7-15-13/h3-5,8,13,15H,1-2,6-7,9-10H2/t13-/m0/s1. The average molecular weight is 240 g/mol. The number of piperidine rings is 1. The van der Waals surface area contributed by atoms with Crippen LogP contribution in [0.5, 0.6) is 0 Å². The van der Waals surface area contributed by atoms with Crippen LogP contribution in [0, 0.1) is 0 Å². The fraction of sp³-hybridized carbons (Fsp3) is 0.538. The van der Waals surface area contributed by atoms with Gasteiger partial charge in [-0.1, -0.05) is 30.2 Å². The quantitative estimate of drug-likeness (QED) is 0.872. The van der Waals surface area contributed by atoms with E-state index in [-0.39, 0.29) is 0 Å². The van der Waals surface area contributed by atoms with E-state index in [1.807, 2.05) is 24.3 Å². The number of ether oxygens (including phenoxy) is 1. The van der Waals surface area contributed by atoms with Gasteiger partial charge in [0.15, 0.2) is 0 Å². The summed E-state index contributed by atoms with van der Waals surface area (Å²) < 4.78 is 5.69. The van der Waals surface area contributed by atoms with Crippen molar-refractivity contribution < 1.29 is 4.74 Å². The lowest BCUT2D eigenvalue weighted by atomic mass is 10.1. The molecule has 0 aromatic heterocycles. The molecule has 1 aromatic carbocycles. The minimum absolute atomic E-state index is 0.535. The van der Waals surface area contributed by atoms with E-state index in [9.17, 15) is 0 Å². The molecule has 0 unspecified atom stereocenters. The molecule has 1 saturated heterocycles. The minimum atomic E-state index is 0.535. The molecule has 1 aliphatic rings. The Morgan fingerprint density at radius 1 is 1.38 bits per heavy atom. The first kappa shape index (κ1) is 11.9. The number of benzene rings is 1. The van der Waals surface area contributed by atoms with Gasteiger partial charge < -0.3 is 10.1 Å². The van der Waals surface area contributed by atoms with Gasteiger partial charge in [-0.15, -0.1) is 0 Å². The van der Waals surface area contributed by atoms with E-state index in [0.717, 1.165) is 23.7 Å². The maximum Gasteiger partial charge on any atom is 0.0718 e. The van der Waals surface area contributed by atoms with Crippen molar-refractivity contribution in [1.82, 2.24) is 5.32 Å². The second-order valence-corrected chi connectivity index (χ2v) is 4.73. The predicted molar refractivity (Wildman–Crippen MR) is 66.7 cm³/mol. The highest BCUT2D eigenvalue weighted by Crippen LogP contribution is 2.12. The summed E-state index contributed by atoms with van der Waals surface area (Å²) in [4.78, 5) is 0. The first-order valence-electron chi connectivity index (χ1n) is 5.90. The van der Waals surface area contributed by atoms with Crippen LogP contribution in [-0.4, -0.2) is 19.2 Å². The molecule has 16 heavy (non-hydrogen) atoms. The molecule has 2 rings (SSSR count). The maximum atomic E-state index is 5.90. The zero-order valence-corrected chi connectivity index (χ0v) is 10.2. The topological polar surface area (TPSA) is 21.3 Å². The van der Waals surface area contributed by atoms with Crippen LogP contribution in [0.3, 0.4) is 0 Å². The van der Waals surface area contributed by atoms with Crippen molar-refractivity contribution in [2.24, 2.45) is 0 Å². The second kappa shape index (κ2) is 6.24. The summed E-state index contributed by atoms with van der Waals surface area (Å²) in [5.74, 6) is 0. The molecule has 0 saturated carbocycles. The van der Waals surface area contributed by atoms with Gasteiger partial charge >= 0.3 is 0 Å². The fourth-order valence-electron chi connectivity index (χ4n) is 2.01. The predicted octanol–water partition coefficient (Wildman–Crippen LogP) is 3.00. The van der Waals surface area contributed by atoms with Crippen molar-refractivity contribution >= 4 is 11.6 Å². The molecule has 1 atom stereocenters. The van der Waals surface area contributed by atoms with E-state index in [4.69, 9.17) is 16.3 Å². The molecule has 1 fully saturated rings. The summed E-state index contributed by atoms with van der Waals surface area (Å²) >= 11 is 5.90. The van der Waals surface area contributed by atoms with Gasteiger partial charge in [0.1, 0.15) is 0 Å². The molecule has 0 spiro atoms. The molecule has 1 aliphatic heterocycles. The zero-order chi connectivity index (χ0) is 11.2. The molecule has 88 valence electrons. The van der Waals surface area contributed by atoms with Crippen LogP contribution in [0.15, 0.2) is 24.3 Å². The van der Waals surface area contributed by atoms with Crippen LogP contribution < -0.4 is 5.32 Å². The van der Waals surface area contributed by atoms with Gasteiger partial charge in [-0.3, -0.25) is 0 Å². The molecule has 2 nitrogen and oxygen atoms in total. The van der Waals surface area contributed by atoms with Gasteiger partial charge in [0.2, 0.25) is 0 Å². The van der Waals surface area contributed by atoms with Gasteiger partial charge in [-0.2, -0.15) is 0 Å². The SMILES string of the molecule is Clc1cccc(COC[C@@H]2CCCCN2)c1. The van der Waals surface area contributed by atoms with Crippen molar-refractivity contribution in [3.8, 4) is 0 Å².